The van der Waals surface area contributed by atoms with E-state index in [9.17, 15) is 4.79 Å². The Morgan fingerprint density at radius 2 is 1.73 bits per heavy atom. The molecule has 22 heavy (non-hydrogen) atoms. The highest BCUT2D eigenvalue weighted by Gasteiger charge is 2.09. The van der Waals surface area contributed by atoms with Gasteiger partial charge in [-0.2, -0.15) is 0 Å². The number of hydrogen-bond donors (Lipinski definition) is 0. The summed E-state index contributed by atoms with van der Waals surface area (Å²) in [6, 6.07) is 16.0. The Bertz CT molecular complexity index is 610. The average molecular weight is 334 g/mol. The van der Waals surface area contributed by atoms with Crippen molar-refractivity contribution in [1.82, 2.24) is 4.90 Å². The topological polar surface area (TPSA) is 20.3 Å². The molecule has 0 unspecified atom stereocenters. The van der Waals surface area contributed by atoms with Crippen LogP contribution >= 0.6 is 23.4 Å². The van der Waals surface area contributed by atoms with Crippen LogP contribution < -0.4 is 0 Å². The molecule has 0 saturated carbocycles. The van der Waals surface area contributed by atoms with Gasteiger partial charge in [-0.3, -0.25) is 4.79 Å². The zero-order valence-corrected chi connectivity index (χ0v) is 14.5. The fourth-order valence-electron chi connectivity index (χ4n) is 2.03. The van der Waals surface area contributed by atoms with Gasteiger partial charge in [0.2, 0.25) is 5.91 Å². The molecular formula is C18H20ClNOS. The molecule has 0 N–H and O–H groups in total. The summed E-state index contributed by atoms with van der Waals surface area (Å²) in [5.74, 6) is 0.945. The summed E-state index contributed by atoms with van der Waals surface area (Å²) >= 11 is 7.53. The summed E-state index contributed by atoms with van der Waals surface area (Å²) in [4.78, 5) is 15.1. The number of carbonyl (C=O) groups is 1. The molecule has 0 atom stereocenters. The second kappa shape index (κ2) is 8.25. The third-order valence-corrected chi connectivity index (χ3v) is 4.63. The highest BCUT2D eigenvalue weighted by Crippen LogP contribution is 2.21. The monoisotopic (exact) mass is 333 g/mol. The van der Waals surface area contributed by atoms with Crippen molar-refractivity contribution in [1.29, 1.82) is 0 Å². The second-order valence-corrected chi connectivity index (χ2v) is 6.89. The highest BCUT2D eigenvalue weighted by atomic mass is 35.5. The maximum absolute atomic E-state index is 12.2. The minimum Gasteiger partial charge on any atom is -0.341 e. The van der Waals surface area contributed by atoms with Gasteiger partial charge in [-0.15, -0.1) is 11.8 Å². The molecule has 0 aliphatic heterocycles. The van der Waals surface area contributed by atoms with Crippen LogP contribution in [0.5, 0.6) is 0 Å². The van der Waals surface area contributed by atoms with E-state index in [4.69, 9.17) is 11.6 Å². The number of halogens is 1. The number of thioether (sulfide) groups is 1. The summed E-state index contributed by atoms with van der Waals surface area (Å²) < 4.78 is 0. The lowest BCUT2D eigenvalue weighted by atomic mass is 10.1. The van der Waals surface area contributed by atoms with E-state index >= 15 is 0 Å². The molecular weight excluding hydrogens is 314 g/mol. The molecule has 0 heterocycles. The Labute approximate surface area is 141 Å². The standard InChI is InChI=1S/C18H20ClNOS/c1-14-3-5-15(6-4-14)13-20(2)18(21)11-12-22-17-9-7-16(19)8-10-17/h3-10H,11-13H2,1-2H3. The molecule has 0 spiro atoms. The zero-order valence-electron chi connectivity index (χ0n) is 12.9. The Hall–Kier alpha value is -1.45. The van der Waals surface area contributed by atoms with Crippen LogP contribution in [0.15, 0.2) is 53.4 Å². The fraction of sp³-hybridized carbons (Fsp3) is 0.278. The molecule has 2 aromatic rings. The van der Waals surface area contributed by atoms with Crippen LogP contribution in [0.2, 0.25) is 5.02 Å². The van der Waals surface area contributed by atoms with Gasteiger partial charge in [-0.05, 0) is 36.8 Å². The van der Waals surface area contributed by atoms with Gasteiger partial charge in [-0.1, -0.05) is 41.4 Å². The van der Waals surface area contributed by atoms with Crippen molar-refractivity contribution in [3.8, 4) is 0 Å². The van der Waals surface area contributed by atoms with Crippen LogP contribution in [0.4, 0.5) is 0 Å². The Morgan fingerprint density at radius 1 is 1.09 bits per heavy atom. The van der Waals surface area contributed by atoms with Crippen LogP contribution in [0.1, 0.15) is 17.5 Å². The predicted octanol–water partition coefficient (Wildman–Crippen LogP) is 4.79. The van der Waals surface area contributed by atoms with E-state index in [0.29, 0.717) is 13.0 Å². The molecule has 2 aromatic carbocycles. The van der Waals surface area contributed by atoms with E-state index in [-0.39, 0.29) is 5.91 Å². The van der Waals surface area contributed by atoms with Gasteiger partial charge in [0, 0.05) is 35.7 Å². The average Bonchev–Trinajstić information content (AvgIpc) is 2.51. The normalized spacial score (nSPS) is 10.5. The molecule has 0 fully saturated rings. The van der Waals surface area contributed by atoms with E-state index in [2.05, 4.69) is 31.2 Å². The van der Waals surface area contributed by atoms with Crippen molar-refractivity contribution >= 4 is 29.3 Å². The third kappa shape index (κ3) is 5.39. The molecule has 0 aliphatic carbocycles. The van der Waals surface area contributed by atoms with E-state index < -0.39 is 0 Å². The maximum atomic E-state index is 12.2. The largest absolute Gasteiger partial charge is 0.341 e. The van der Waals surface area contributed by atoms with Crippen LogP contribution in [-0.2, 0) is 11.3 Å². The van der Waals surface area contributed by atoms with Crippen LogP contribution in [0, 0.1) is 6.92 Å². The van der Waals surface area contributed by atoms with Crippen molar-refractivity contribution in [2.24, 2.45) is 0 Å². The first kappa shape index (κ1) is 16.9. The first-order chi connectivity index (χ1) is 10.5. The van der Waals surface area contributed by atoms with Crippen molar-refractivity contribution in [3.05, 3.63) is 64.7 Å². The summed E-state index contributed by atoms with van der Waals surface area (Å²) in [5, 5.41) is 0.734. The van der Waals surface area contributed by atoms with Crippen molar-refractivity contribution in [2.45, 2.75) is 24.8 Å². The molecule has 2 rings (SSSR count). The smallest absolute Gasteiger partial charge is 0.223 e. The lowest BCUT2D eigenvalue weighted by molar-refractivity contribution is -0.129. The molecule has 0 saturated heterocycles. The lowest BCUT2D eigenvalue weighted by Crippen LogP contribution is -2.26. The Balaban J connectivity index is 1.76. The van der Waals surface area contributed by atoms with Crippen molar-refractivity contribution in [3.63, 3.8) is 0 Å². The van der Waals surface area contributed by atoms with Crippen LogP contribution in [0.3, 0.4) is 0 Å². The number of carbonyl (C=O) groups excluding carboxylic acids is 1. The summed E-state index contributed by atoms with van der Waals surface area (Å²) in [6.07, 6.45) is 0.537. The number of aryl methyl sites for hydroxylation is 1. The van der Waals surface area contributed by atoms with E-state index in [0.717, 1.165) is 21.2 Å². The first-order valence-corrected chi connectivity index (χ1v) is 8.59. The summed E-state index contributed by atoms with van der Waals surface area (Å²) in [7, 11) is 1.86. The molecule has 116 valence electrons. The van der Waals surface area contributed by atoms with Gasteiger partial charge < -0.3 is 4.90 Å². The predicted molar refractivity (Wildman–Crippen MR) is 94.4 cm³/mol. The molecule has 0 aromatic heterocycles. The summed E-state index contributed by atoms with van der Waals surface area (Å²) in [6.45, 7) is 2.72. The minimum atomic E-state index is 0.169. The minimum absolute atomic E-state index is 0.169. The molecule has 4 heteroatoms. The van der Waals surface area contributed by atoms with Gasteiger partial charge in [-0.25, -0.2) is 0 Å². The quantitative estimate of drug-likeness (QED) is 0.708. The number of benzene rings is 2. The van der Waals surface area contributed by atoms with Crippen molar-refractivity contribution in [2.75, 3.05) is 12.8 Å². The third-order valence-electron chi connectivity index (χ3n) is 3.36. The molecule has 0 bridgehead atoms. The fourth-order valence-corrected chi connectivity index (χ4v) is 3.00. The van der Waals surface area contributed by atoms with Gasteiger partial charge in [0.05, 0.1) is 0 Å². The van der Waals surface area contributed by atoms with Gasteiger partial charge >= 0.3 is 0 Å². The number of nitrogens with zero attached hydrogens (tertiary/aromatic N) is 1. The lowest BCUT2D eigenvalue weighted by Gasteiger charge is -2.17. The zero-order chi connectivity index (χ0) is 15.9. The first-order valence-electron chi connectivity index (χ1n) is 7.22. The van der Waals surface area contributed by atoms with E-state index in [1.165, 1.54) is 5.56 Å². The number of amides is 1. The maximum Gasteiger partial charge on any atom is 0.223 e. The molecule has 0 aliphatic rings. The number of hydrogen-bond acceptors (Lipinski definition) is 2. The molecule has 2 nitrogen and oxygen atoms in total. The number of rotatable bonds is 6. The van der Waals surface area contributed by atoms with Crippen molar-refractivity contribution < 1.29 is 4.79 Å². The Morgan fingerprint density at radius 3 is 2.36 bits per heavy atom. The molecule has 0 radical (unpaired) electrons. The van der Waals surface area contributed by atoms with Gasteiger partial charge in [0.15, 0.2) is 0 Å². The Kier molecular flexibility index (Phi) is 6.34. The second-order valence-electron chi connectivity index (χ2n) is 5.29. The molecule has 1 amide bonds. The van der Waals surface area contributed by atoms with Crippen LogP contribution in [-0.4, -0.2) is 23.6 Å². The highest BCUT2D eigenvalue weighted by molar-refractivity contribution is 7.99. The van der Waals surface area contributed by atoms with Gasteiger partial charge in [0.25, 0.3) is 0 Å². The summed E-state index contributed by atoms with van der Waals surface area (Å²) in [5.41, 5.74) is 2.39. The van der Waals surface area contributed by atoms with Gasteiger partial charge in [0.1, 0.15) is 0 Å². The van der Waals surface area contributed by atoms with Crippen LogP contribution in [0.25, 0.3) is 0 Å². The van der Waals surface area contributed by atoms with E-state index in [1.54, 1.807) is 16.7 Å². The van der Waals surface area contributed by atoms with E-state index in [1.807, 2.05) is 31.3 Å². The SMILES string of the molecule is Cc1ccc(CN(C)C(=O)CCSc2ccc(Cl)cc2)cc1.